The zero-order chi connectivity index (χ0) is 22.6. The average molecular weight is 415 g/mol. The topological polar surface area (TPSA) is 167 Å². The maximum Gasteiger partial charge on any atom is 0.324 e. The molecule has 0 spiro atoms. The molecule has 0 radical (unpaired) electrons. The first-order valence-corrected chi connectivity index (χ1v) is 8.40. The van der Waals surface area contributed by atoms with E-state index in [1.807, 2.05) is 13.0 Å². The van der Waals surface area contributed by atoms with E-state index in [9.17, 15) is 30.3 Å². The molecular weight excluding hydrogens is 398 g/mol. The Morgan fingerprint density at radius 1 is 0.900 bits per heavy atom. The smallest absolute Gasteiger partial charge is 0.324 e. The number of phenolic OH excluding ortho intramolecular Hbond substituents is 1. The van der Waals surface area contributed by atoms with Crippen LogP contribution in [0.25, 0.3) is 11.3 Å². The molecule has 0 saturated heterocycles. The summed E-state index contributed by atoms with van der Waals surface area (Å²) in [6.07, 6.45) is 0. The molecule has 0 aliphatic rings. The molecule has 0 bridgehead atoms. The van der Waals surface area contributed by atoms with Crippen LogP contribution in [0.4, 0.5) is 17.1 Å². The van der Waals surface area contributed by atoms with Gasteiger partial charge in [-0.1, -0.05) is 30.3 Å². The van der Waals surface area contributed by atoms with Gasteiger partial charge >= 0.3 is 11.4 Å². The van der Waals surface area contributed by atoms with Crippen LogP contribution in [0.5, 0.6) is 5.75 Å². The molecule has 0 fully saturated rings. The molecule has 12 nitrogen and oxygen atoms in total. The Kier molecular flexibility index (Phi) is 6.42. The molecule has 1 heterocycles. The largest absolute Gasteiger partial charge is 0.497 e. The van der Waals surface area contributed by atoms with Gasteiger partial charge in [-0.3, -0.25) is 30.3 Å². The fourth-order valence-electron chi connectivity index (χ4n) is 2.75. The van der Waals surface area contributed by atoms with Crippen molar-refractivity contribution in [2.45, 2.75) is 13.8 Å². The molecule has 0 saturated carbocycles. The summed E-state index contributed by atoms with van der Waals surface area (Å²) in [7, 11) is 2.05. The SMILES string of the molecule is Cc1nc(C)n(C)c1-c1ccccc1.O=[N+]([O-])c1cc([N+](=O)[O-])c(O)c([N+](=O)[O-])c1. The van der Waals surface area contributed by atoms with Gasteiger partial charge in [0.1, 0.15) is 5.82 Å². The van der Waals surface area contributed by atoms with Gasteiger partial charge in [0.2, 0.25) is 0 Å². The molecule has 3 aromatic rings. The van der Waals surface area contributed by atoms with Crippen LogP contribution in [0.15, 0.2) is 42.5 Å². The number of hydrogen-bond donors (Lipinski definition) is 1. The summed E-state index contributed by atoms with van der Waals surface area (Å²) in [6, 6.07) is 11.3. The molecule has 0 atom stereocenters. The van der Waals surface area contributed by atoms with Crippen LogP contribution in [0.3, 0.4) is 0 Å². The lowest BCUT2D eigenvalue weighted by Gasteiger charge is -2.04. The van der Waals surface area contributed by atoms with Crippen molar-refractivity contribution in [1.82, 2.24) is 9.55 Å². The minimum Gasteiger partial charge on any atom is -0.497 e. The van der Waals surface area contributed by atoms with Crippen LogP contribution in [-0.2, 0) is 7.05 Å². The lowest BCUT2D eigenvalue weighted by Crippen LogP contribution is -1.97. The van der Waals surface area contributed by atoms with Crippen molar-refractivity contribution < 1.29 is 19.9 Å². The third kappa shape index (κ3) is 4.55. The van der Waals surface area contributed by atoms with E-state index in [-0.39, 0.29) is 0 Å². The van der Waals surface area contributed by atoms with Crippen LogP contribution in [0.2, 0.25) is 0 Å². The highest BCUT2D eigenvalue weighted by atomic mass is 16.6. The second-order valence-corrected chi connectivity index (χ2v) is 6.12. The molecule has 0 unspecified atom stereocenters. The quantitative estimate of drug-likeness (QED) is 0.495. The number of nitro groups is 3. The van der Waals surface area contributed by atoms with E-state index in [4.69, 9.17) is 5.11 Å². The number of aromatic hydroxyl groups is 1. The monoisotopic (exact) mass is 415 g/mol. The Morgan fingerprint density at radius 3 is 1.77 bits per heavy atom. The van der Waals surface area contributed by atoms with Crippen molar-refractivity contribution in [3.8, 4) is 17.0 Å². The van der Waals surface area contributed by atoms with Gasteiger partial charge in [0, 0.05) is 12.6 Å². The molecule has 1 N–H and O–H groups in total. The van der Waals surface area contributed by atoms with Gasteiger partial charge in [0.05, 0.1) is 38.3 Å². The Bertz CT molecular complexity index is 1090. The van der Waals surface area contributed by atoms with Crippen molar-refractivity contribution in [3.05, 3.63) is 84.3 Å². The molecule has 156 valence electrons. The van der Waals surface area contributed by atoms with Crippen LogP contribution in [-0.4, -0.2) is 29.4 Å². The second kappa shape index (κ2) is 8.77. The first-order chi connectivity index (χ1) is 14.0. The normalized spacial score (nSPS) is 10.1. The Hall–Kier alpha value is -4.35. The van der Waals surface area contributed by atoms with Gasteiger partial charge in [-0.15, -0.1) is 0 Å². The number of aromatic nitrogens is 2. The van der Waals surface area contributed by atoms with Crippen molar-refractivity contribution in [2.75, 3.05) is 0 Å². The van der Waals surface area contributed by atoms with Gasteiger partial charge < -0.3 is 9.67 Å². The van der Waals surface area contributed by atoms with Crippen molar-refractivity contribution in [3.63, 3.8) is 0 Å². The van der Waals surface area contributed by atoms with Crippen molar-refractivity contribution >= 4 is 17.1 Å². The summed E-state index contributed by atoms with van der Waals surface area (Å²) in [5, 5.41) is 40.2. The molecule has 3 rings (SSSR count). The van der Waals surface area contributed by atoms with Gasteiger partial charge in [-0.25, -0.2) is 4.98 Å². The molecule has 0 amide bonds. The molecule has 1 aromatic heterocycles. The minimum absolute atomic E-state index is 0.447. The summed E-state index contributed by atoms with van der Waals surface area (Å²) >= 11 is 0. The number of phenols is 1. The number of nitrogens with zero attached hydrogens (tertiary/aromatic N) is 5. The average Bonchev–Trinajstić information content (AvgIpc) is 2.94. The maximum atomic E-state index is 10.4. The fraction of sp³-hybridized carbons (Fsp3) is 0.167. The number of nitro benzene ring substituents is 3. The summed E-state index contributed by atoms with van der Waals surface area (Å²) in [5.41, 5.74) is 0.533. The lowest BCUT2D eigenvalue weighted by molar-refractivity contribution is -0.404. The Balaban J connectivity index is 0.000000215. The van der Waals surface area contributed by atoms with Gasteiger partial charge in [-0.2, -0.15) is 0 Å². The Labute approximate surface area is 169 Å². The number of rotatable bonds is 4. The molecular formula is C18H17N5O7. The van der Waals surface area contributed by atoms with E-state index in [1.165, 1.54) is 11.3 Å². The zero-order valence-electron chi connectivity index (χ0n) is 16.2. The molecule has 2 aromatic carbocycles. The zero-order valence-corrected chi connectivity index (χ0v) is 16.2. The number of hydrogen-bond acceptors (Lipinski definition) is 8. The minimum atomic E-state index is -1.21. The van der Waals surface area contributed by atoms with Crippen LogP contribution >= 0.6 is 0 Å². The molecule has 0 aliphatic heterocycles. The maximum absolute atomic E-state index is 10.4. The molecule has 12 heteroatoms. The predicted octanol–water partition coefficient (Wildman–Crippen LogP) is 3.82. The summed E-state index contributed by atoms with van der Waals surface area (Å²) < 4.78 is 2.13. The number of imidazole rings is 1. The van der Waals surface area contributed by atoms with Crippen LogP contribution < -0.4 is 0 Å². The highest BCUT2D eigenvalue weighted by Gasteiger charge is 2.30. The fourth-order valence-corrected chi connectivity index (χ4v) is 2.75. The molecule has 0 aliphatic carbocycles. The summed E-state index contributed by atoms with van der Waals surface area (Å²) in [5.74, 6) is -0.151. The van der Waals surface area contributed by atoms with E-state index in [0.717, 1.165) is 11.5 Å². The first kappa shape index (κ1) is 21.9. The summed E-state index contributed by atoms with van der Waals surface area (Å²) in [4.78, 5) is 32.2. The standard InChI is InChI=1S/C12H14N2.C6H3N3O7/c1-9-12(14(3)10(2)13-9)11-7-5-4-6-8-11;10-6-4(8(13)14)1-3(7(11)12)2-5(6)9(15)16/h4-8H,1-3H3;1-2,10H. The predicted molar refractivity (Wildman–Crippen MR) is 106 cm³/mol. The van der Waals surface area contributed by atoms with E-state index in [0.29, 0.717) is 12.1 Å². The van der Waals surface area contributed by atoms with Crippen molar-refractivity contribution in [1.29, 1.82) is 0 Å². The third-order valence-electron chi connectivity index (χ3n) is 4.20. The number of non-ortho nitro benzene ring substituents is 1. The third-order valence-corrected chi connectivity index (χ3v) is 4.20. The summed E-state index contributed by atoms with van der Waals surface area (Å²) in [6.45, 7) is 4.08. The van der Waals surface area contributed by atoms with Crippen LogP contribution in [0, 0.1) is 44.2 Å². The van der Waals surface area contributed by atoms with Gasteiger partial charge in [-0.05, 0) is 13.8 Å². The van der Waals surface area contributed by atoms with Gasteiger partial charge in [0.25, 0.3) is 11.4 Å². The van der Waals surface area contributed by atoms with E-state index in [2.05, 4.69) is 47.8 Å². The number of benzene rings is 2. The highest BCUT2D eigenvalue weighted by molar-refractivity contribution is 5.64. The second-order valence-electron chi connectivity index (χ2n) is 6.12. The van der Waals surface area contributed by atoms with Crippen molar-refractivity contribution in [2.24, 2.45) is 7.05 Å². The molecule has 30 heavy (non-hydrogen) atoms. The number of aryl methyl sites for hydroxylation is 2. The van der Waals surface area contributed by atoms with E-state index >= 15 is 0 Å². The van der Waals surface area contributed by atoms with Crippen LogP contribution in [0.1, 0.15) is 11.5 Å². The van der Waals surface area contributed by atoms with E-state index < -0.39 is 37.6 Å². The van der Waals surface area contributed by atoms with Gasteiger partial charge in [0.15, 0.2) is 0 Å². The highest BCUT2D eigenvalue weighted by Crippen LogP contribution is 2.38. The first-order valence-electron chi connectivity index (χ1n) is 8.40. The van der Waals surface area contributed by atoms with E-state index in [1.54, 1.807) is 0 Å². The Morgan fingerprint density at radius 2 is 1.40 bits per heavy atom. The lowest BCUT2D eigenvalue weighted by atomic mass is 10.1.